The Morgan fingerprint density at radius 3 is 2.64 bits per heavy atom. The predicted octanol–water partition coefficient (Wildman–Crippen LogP) is 2.61. The Hall–Kier alpha value is -3.34. The van der Waals surface area contributed by atoms with Crippen molar-refractivity contribution in [1.82, 2.24) is 19.6 Å². The molecule has 1 aromatic heterocycles. The van der Waals surface area contributed by atoms with Crippen molar-refractivity contribution < 1.29 is 13.2 Å². The normalized spacial score (nSPS) is 13.1. The van der Waals surface area contributed by atoms with Crippen molar-refractivity contribution >= 4 is 33.3 Å². The highest BCUT2D eigenvalue weighted by atomic mass is 32.2. The first-order chi connectivity index (χ1) is 15.9. The zero-order valence-corrected chi connectivity index (χ0v) is 19.3. The molecule has 2 aromatic carbocycles. The Balaban J connectivity index is 1.54. The SMILES string of the molecule is CNCCCN(C)S(=O)(=O)c1ccc(Nc2ncc3c(n2)-c2ccccc2NC(=O)C3)cc1. The molecule has 0 saturated heterocycles. The van der Waals surface area contributed by atoms with Crippen molar-refractivity contribution in [2.75, 3.05) is 37.8 Å². The fourth-order valence-corrected chi connectivity index (χ4v) is 4.82. The molecule has 1 amide bonds. The van der Waals surface area contributed by atoms with Crippen LogP contribution in [0.4, 0.5) is 17.3 Å². The van der Waals surface area contributed by atoms with Gasteiger partial charge in [0.15, 0.2) is 0 Å². The summed E-state index contributed by atoms with van der Waals surface area (Å²) in [5.41, 5.74) is 3.61. The molecule has 1 aliphatic heterocycles. The van der Waals surface area contributed by atoms with Crippen LogP contribution in [0.15, 0.2) is 59.6 Å². The Morgan fingerprint density at radius 2 is 1.88 bits per heavy atom. The molecular formula is C23H26N6O3S. The number of hydrogen-bond acceptors (Lipinski definition) is 7. The van der Waals surface area contributed by atoms with Crippen LogP contribution in [-0.2, 0) is 21.2 Å². The first-order valence-electron chi connectivity index (χ1n) is 10.6. The predicted molar refractivity (Wildman–Crippen MR) is 128 cm³/mol. The van der Waals surface area contributed by atoms with Gasteiger partial charge in [0.25, 0.3) is 0 Å². The van der Waals surface area contributed by atoms with Crippen LogP contribution in [0, 0.1) is 0 Å². The molecule has 4 rings (SSSR count). The molecule has 0 radical (unpaired) electrons. The van der Waals surface area contributed by atoms with Gasteiger partial charge in [0.05, 0.1) is 22.7 Å². The van der Waals surface area contributed by atoms with Gasteiger partial charge in [0.2, 0.25) is 21.9 Å². The number of carbonyl (C=O) groups excluding carboxylic acids is 1. The van der Waals surface area contributed by atoms with Gasteiger partial charge in [-0.05, 0) is 50.3 Å². The van der Waals surface area contributed by atoms with E-state index in [1.54, 1.807) is 37.5 Å². The van der Waals surface area contributed by atoms with Crippen LogP contribution in [-0.4, -0.2) is 55.8 Å². The molecule has 0 aliphatic carbocycles. The molecule has 3 aromatic rings. The van der Waals surface area contributed by atoms with Crippen molar-refractivity contribution in [2.45, 2.75) is 17.7 Å². The van der Waals surface area contributed by atoms with Gasteiger partial charge in [-0.3, -0.25) is 4.79 Å². The number of nitrogens with zero attached hydrogens (tertiary/aromatic N) is 3. The maximum atomic E-state index is 12.8. The molecule has 0 atom stereocenters. The van der Waals surface area contributed by atoms with E-state index in [0.29, 0.717) is 29.6 Å². The summed E-state index contributed by atoms with van der Waals surface area (Å²) in [5.74, 6) is 0.246. The lowest BCUT2D eigenvalue weighted by molar-refractivity contribution is -0.115. The summed E-state index contributed by atoms with van der Waals surface area (Å²) in [7, 11) is -0.138. The third-order valence-corrected chi connectivity index (χ3v) is 7.26. The lowest BCUT2D eigenvalue weighted by Gasteiger charge is -2.17. The van der Waals surface area contributed by atoms with Gasteiger partial charge in [-0.1, -0.05) is 18.2 Å². The minimum Gasteiger partial charge on any atom is -0.325 e. The number of anilines is 3. The largest absolute Gasteiger partial charge is 0.325 e. The van der Waals surface area contributed by atoms with Crippen LogP contribution >= 0.6 is 0 Å². The highest BCUT2D eigenvalue weighted by Crippen LogP contribution is 2.32. The molecule has 1 aliphatic rings. The van der Waals surface area contributed by atoms with Crippen molar-refractivity contribution in [3.05, 3.63) is 60.3 Å². The van der Waals surface area contributed by atoms with Gasteiger partial charge in [-0.25, -0.2) is 22.7 Å². The topological polar surface area (TPSA) is 116 Å². The van der Waals surface area contributed by atoms with Crippen LogP contribution in [0.1, 0.15) is 12.0 Å². The number of aromatic nitrogens is 2. The Morgan fingerprint density at radius 1 is 1.12 bits per heavy atom. The van der Waals surface area contributed by atoms with Gasteiger partial charge in [0.1, 0.15) is 0 Å². The van der Waals surface area contributed by atoms with E-state index in [1.807, 2.05) is 31.3 Å². The summed E-state index contributed by atoms with van der Waals surface area (Å²) >= 11 is 0. The number of para-hydroxylation sites is 1. The zero-order valence-electron chi connectivity index (χ0n) is 18.5. The number of benzene rings is 2. The van der Waals surface area contributed by atoms with Crippen LogP contribution in [0.25, 0.3) is 11.3 Å². The molecule has 3 N–H and O–H groups in total. The monoisotopic (exact) mass is 466 g/mol. The van der Waals surface area contributed by atoms with E-state index in [9.17, 15) is 13.2 Å². The molecule has 0 bridgehead atoms. The van der Waals surface area contributed by atoms with Crippen LogP contribution < -0.4 is 16.0 Å². The van der Waals surface area contributed by atoms with Crippen molar-refractivity contribution in [2.24, 2.45) is 0 Å². The summed E-state index contributed by atoms with van der Waals surface area (Å²) in [4.78, 5) is 21.4. The smallest absolute Gasteiger partial charge is 0.242 e. The summed E-state index contributed by atoms with van der Waals surface area (Å²) in [6.07, 6.45) is 2.57. The number of sulfonamides is 1. The molecule has 10 heteroatoms. The Kier molecular flexibility index (Phi) is 6.68. The highest BCUT2D eigenvalue weighted by molar-refractivity contribution is 7.89. The average molecular weight is 467 g/mol. The van der Waals surface area contributed by atoms with E-state index >= 15 is 0 Å². The molecular weight excluding hydrogens is 440 g/mol. The minimum absolute atomic E-state index is 0.113. The van der Waals surface area contributed by atoms with E-state index < -0.39 is 10.0 Å². The summed E-state index contributed by atoms with van der Waals surface area (Å²) in [6.45, 7) is 1.18. The van der Waals surface area contributed by atoms with Gasteiger partial charge in [0, 0.05) is 36.6 Å². The third-order valence-electron chi connectivity index (χ3n) is 5.39. The second kappa shape index (κ2) is 9.65. The van der Waals surface area contributed by atoms with Crippen molar-refractivity contribution in [3.63, 3.8) is 0 Å². The first kappa shape index (κ1) is 22.8. The molecule has 0 spiro atoms. The standard InChI is InChI=1S/C23H26N6O3S/c1-24-12-5-13-29(2)33(31,32)18-10-8-17(9-11-18)26-23-25-15-16-14-21(30)27-20-7-4-3-6-19(20)22(16)28-23/h3-4,6-11,15,24H,5,12-14H2,1-2H3,(H,27,30)(H,25,26,28). The summed E-state index contributed by atoms with van der Waals surface area (Å²) in [5, 5.41) is 9.03. The fraction of sp³-hybridized carbons (Fsp3) is 0.261. The Bertz CT molecular complexity index is 1260. The van der Waals surface area contributed by atoms with Crippen LogP contribution in [0.3, 0.4) is 0 Å². The molecule has 0 unspecified atom stereocenters. The van der Waals surface area contributed by atoms with E-state index in [2.05, 4.69) is 25.9 Å². The van der Waals surface area contributed by atoms with E-state index in [-0.39, 0.29) is 17.2 Å². The maximum Gasteiger partial charge on any atom is 0.242 e. The van der Waals surface area contributed by atoms with Gasteiger partial charge in [-0.15, -0.1) is 0 Å². The van der Waals surface area contributed by atoms with Gasteiger partial charge < -0.3 is 16.0 Å². The molecule has 33 heavy (non-hydrogen) atoms. The molecule has 172 valence electrons. The number of fused-ring (bicyclic) bond motifs is 3. The molecule has 2 heterocycles. The zero-order chi connectivity index (χ0) is 23.4. The third kappa shape index (κ3) is 5.03. The number of carbonyl (C=O) groups is 1. The summed E-state index contributed by atoms with van der Waals surface area (Å²) < 4.78 is 26.9. The van der Waals surface area contributed by atoms with Crippen LogP contribution in [0.5, 0.6) is 0 Å². The second-order valence-electron chi connectivity index (χ2n) is 7.77. The molecule has 0 saturated carbocycles. The van der Waals surface area contributed by atoms with E-state index in [0.717, 1.165) is 24.1 Å². The average Bonchev–Trinajstić information content (AvgIpc) is 2.94. The number of nitrogens with one attached hydrogen (secondary N) is 3. The van der Waals surface area contributed by atoms with Crippen LogP contribution in [0.2, 0.25) is 0 Å². The van der Waals surface area contributed by atoms with Crippen molar-refractivity contribution in [1.29, 1.82) is 0 Å². The number of hydrogen-bond donors (Lipinski definition) is 3. The number of amides is 1. The lowest BCUT2D eigenvalue weighted by Crippen LogP contribution is -2.29. The molecule has 9 nitrogen and oxygen atoms in total. The number of rotatable bonds is 8. The summed E-state index contributed by atoms with van der Waals surface area (Å²) in [6, 6.07) is 14.0. The highest BCUT2D eigenvalue weighted by Gasteiger charge is 2.22. The fourth-order valence-electron chi connectivity index (χ4n) is 3.61. The van der Waals surface area contributed by atoms with Gasteiger partial charge >= 0.3 is 0 Å². The molecule has 0 fully saturated rings. The second-order valence-corrected chi connectivity index (χ2v) is 9.82. The van der Waals surface area contributed by atoms with E-state index in [4.69, 9.17) is 0 Å². The van der Waals surface area contributed by atoms with Crippen molar-refractivity contribution in [3.8, 4) is 11.3 Å². The maximum absolute atomic E-state index is 12.8. The quantitative estimate of drug-likeness (QED) is 0.437. The lowest BCUT2D eigenvalue weighted by atomic mass is 10.1. The van der Waals surface area contributed by atoms with E-state index in [1.165, 1.54) is 4.31 Å². The van der Waals surface area contributed by atoms with Gasteiger partial charge in [-0.2, -0.15) is 0 Å². The minimum atomic E-state index is -3.56. The first-order valence-corrected chi connectivity index (χ1v) is 12.1. The Labute approximate surface area is 193 Å².